The third-order valence-corrected chi connectivity index (χ3v) is 3.33. The summed E-state index contributed by atoms with van der Waals surface area (Å²) in [7, 11) is 0. The zero-order valence-electron chi connectivity index (χ0n) is 11.2. The van der Waals surface area contributed by atoms with Crippen LogP contribution in [0.2, 0.25) is 0 Å². The van der Waals surface area contributed by atoms with Crippen molar-refractivity contribution in [2.24, 2.45) is 0 Å². The Kier molecular flexibility index (Phi) is 5.07. The van der Waals surface area contributed by atoms with Gasteiger partial charge in [-0.25, -0.2) is 0 Å². The molecule has 116 valence electrons. The number of benzene rings is 2. The van der Waals surface area contributed by atoms with Gasteiger partial charge in [-0.2, -0.15) is 13.2 Å². The van der Waals surface area contributed by atoms with Gasteiger partial charge in [0, 0.05) is 10.2 Å². The summed E-state index contributed by atoms with van der Waals surface area (Å²) in [5, 5.41) is 5.10. The number of amides is 1. The predicted molar refractivity (Wildman–Crippen MR) is 82.7 cm³/mol. The number of alkyl halides is 3. The molecule has 7 heteroatoms. The van der Waals surface area contributed by atoms with Gasteiger partial charge in [-0.3, -0.25) is 4.79 Å². The number of carbonyl (C=O) groups is 1. The SMILES string of the molecule is O=C(CNc1ccc(Br)cc1)Nc1ccccc1C(F)(F)F. The highest BCUT2D eigenvalue weighted by Gasteiger charge is 2.33. The quantitative estimate of drug-likeness (QED) is 0.828. The number of hydrogen-bond acceptors (Lipinski definition) is 2. The van der Waals surface area contributed by atoms with Crippen LogP contribution in [0.25, 0.3) is 0 Å². The molecule has 0 heterocycles. The maximum atomic E-state index is 12.8. The molecule has 0 aromatic heterocycles. The summed E-state index contributed by atoms with van der Waals surface area (Å²) < 4.78 is 39.3. The summed E-state index contributed by atoms with van der Waals surface area (Å²) in [4.78, 5) is 11.8. The smallest absolute Gasteiger partial charge is 0.376 e. The van der Waals surface area contributed by atoms with Crippen LogP contribution in [-0.2, 0) is 11.0 Å². The first-order valence-electron chi connectivity index (χ1n) is 6.32. The van der Waals surface area contributed by atoms with E-state index in [1.165, 1.54) is 18.2 Å². The summed E-state index contributed by atoms with van der Waals surface area (Å²) in [6, 6.07) is 11.9. The first-order chi connectivity index (χ1) is 10.4. The van der Waals surface area contributed by atoms with Gasteiger partial charge < -0.3 is 10.6 Å². The van der Waals surface area contributed by atoms with Crippen LogP contribution in [0.3, 0.4) is 0 Å². The Morgan fingerprint density at radius 3 is 2.32 bits per heavy atom. The second kappa shape index (κ2) is 6.83. The van der Waals surface area contributed by atoms with Gasteiger partial charge in [0.25, 0.3) is 0 Å². The topological polar surface area (TPSA) is 41.1 Å². The van der Waals surface area contributed by atoms with E-state index in [0.717, 1.165) is 10.5 Å². The van der Waals surface area contributed by atoms with Gasteiger partial charge in [-0.05, 0) is 36.4 Å². The molecule has 0 spiro atoms. The molecule has 0 aliphatic rings. The van der Waals surface area contributed by atoms with Crippen molar-refractivity contribution in [1.82, 2.24) is 0 Å². The third-order valence-electron chi connectivity index (χ3n) is 2.80. The molecule has 0 aliphatic heterocycles. The maximum Gasteiger partial charge on any atom is 0.418 e. The molecular formula is C15H12BrF3N2O. The summed E-state index contributed by atoms with van der Waals surface area (Å²) in [5.41, 5.74) is -0.424. The standard InChI is InChI=1S/C15H12BrF3N2O/c16-10-5-7-11(8-6-10)20-9-14(22)21-13-4-2-1-3-12(13)15(17,18)19/h1-8,20H,9H2,(H,21,22). The van der Waals surface area contributed by atoms with E-state index in [9.17, 15) is 18.0 Å². The number of hydrogen-bond donors (Lipinski definition) is 2. The van der Waals surface area contributed by atoms with Gasteiger partial charge >= 0.3 is 6.18 Å². The van der Waals surface area contributed by atoms with Crippen LogP contribution in [0.5, 0.6) is 0 Å². The van der Waals surface area contributed by atoms with E-state index in [4.69, 9.17) is 0 Å². The molecule has 0 radical (unpaired) electrons. The van der Waals surface area contributed by atoms with Crippen LogP contribution >= 0.6 is 15.9 Å². The van der Waals surface area contributed by atoms with Crippen LogP contribution in [0.15, 0.2) is 53.0 Å². The first-order valence-corrected chi connectivity index (χ1v) is 7.11. The van der Waals surface area contributed by atoms with E-state index in [1.54, 1.807) is 24.3 Å². The Labute approximate surface area is 133 Å². The minimum absolute atomic E-state index is 0.131. The molecular weight excluding hydrogens is 361 g/mol. The lowest BCUT2D eigenvalue weighted by Gasteiger charge is -2.14. The fourth-order valence-corrected chi connectivity index (χ4v) is 2.05. The van der Waals surface area contributed by atoms with Crippen molar-refractivity contribution in [3.63, 3.8) is 0 Å². The Morgan fingerprint density at radius 2 is 1.68 bits per heavy atom. The van der Waals surface area contributed by atoms with E-state index < -0.39 is 17.6 Å². The summed E-state index contributed by atoms with van der Waals surface area (Å²) in [5.74, 6) is -0.556. The number of anilines is 2. The van der Waals surface area contributed by atoms with Gasteiger partial charge in [0.15, 0.2) is 0 Å². The normalized spacial score (nSPS) is 11.1. The van der Waals surface area contributed by atoms with Crippen LogP contribution < -0.4 is 10.6 Å². The van der Waals surface area contributed by atoms with Gasteiger partial charge in [0.05, 0.1) is 17.8 Å². The van der Waals surface area contributed by atoms with Crippen molar-refractivity contribution in [3.05, 3.63) is 58.6 Å². The fourth-order valence-electron chi connectivity index (χ4n) is 1.78. The Balaban J connectivity index is 1.99. The Bertz CT molecular complexity index is 657. The minimum Gasteiger partial charge on any atom is -0.376 e. The lowest BCUT2D eigenvalue weighted by atomic mass is 10.1. The lowest BCUT2D eigenvalue weighted by Crippen LogP contribution is -2.23. The van der Waals surface area contributed by atoms with Crippen molar-refractivity contribution in [2.45, 2.75) is 6.18 Å². The van der Waals surface area contributed by atoms with Crippen LogP contribution in [0.4, 0.5) is 24.5 Å². The maximum absolute atomic E-state index is 12.8. The molecule has 0 saturated carbocycles. The molecule has 2 aromatic carbocycles. The van der Waals surface area contributed by atoms with E-state index >= 15 is 0 Å². The molecule has 3 nitrogen and oxygen atoms in total. The average Bonchev–Trinajstić information content (AvgIpc) is 2.46. The average molecular weight is 373 g/mol. The van der Waals surface area contributed by atoms with E-state index in [-0.39, 0.29) is 12.2 Å². The van der Waals surface area contributed by atoms with E-state index in [2.05, 4.69) is 26.6 Å². The molecule has 22 heavy (non-hydrogen) atoms. The van der Waals surface area contributed by atoms with E-state index in [1.807, 2.05) is 0 Å². The molecule has 1 amide bonds. The third kappa shape index (κ3) is 4.49. The molecule has 0 saturated heterocycles. The highest BCUT2D eigenvalue weighted by Crippen LogP contribution is 2.34. The van der Waals surface area contributed by atoms with Gasteiger partial charge in [-0.15, -0.1) is 0 Å². The molecule has 2 aromatic rings. The number of para-hydroxylation sites is 1. The number of halogens is 4. The zero-order chi connectivity index (χ0) is 16.2. The lowest BCUT2D eigenvalue weighted by molar-refractivity contribution is -0.137. The molecule has 0 unspecified atom stereocenters. The van der Waals surface area contributed by atoms with Gasteiger partial charge in [0.1, 0.15) is 0 Å². The van der Waals surface area contributed by atoms with Crippen molar-refractivity contribution in [1.29, 1.82) is 0 Å². The number of carbonyl (C=O) groups excluding carboxylic acids is 1. The van der Waals surface area contributed by atoms with Crippen molar-refractivity contribution >= 4 is 33.2 Å². The van der Waals surface area contributed by atoms with Gasteiger partial charge in [0.2, 0.25) is 5.91 Å². The largest absolute Gasteiger partial charge is 0.418 e. The number of nitrogens with one attached hydrogen (secondary N) is 2. The van der Waals surface area contributed by atoms with Crippen molar-refractivity contribution < 1.29 is 18.0 Å². The summed E-state index contributed by atoms with van der Waals surface area (Å²) in [6.45, 7) is -0.131. The molecule has 0 aliphatic carbocycles. The molecule has 0 atom stereocenters. The first kappa shape index (κ1) is 16.4. The van der Waals surface area contributed by atoms with Gasteiger partial charge in [-0.1, -0.05) is 28.1 Å². The minimum atomic E-state index is -4.51. The highest BCUT2D eigenvalue weighted by molar-refractivity contribution is 9.10. The molecule has 2 N–H and O–H groups in total. The molecule has 0 bridgehead atoms. The second-order valence-electron chi connectivity index (χ2n) is 4.45. The number of rotatable bonds is 4. The van der Waals surface area contributed by atoms with Crippen LogP contribution in [-0.4, -0.2) is 12.5 Å². The monoisotopic (exact) mass is 372 g/mol. The van der Waals surface area contributed by atoms with Crippen LogP contribution in [0.1, 0.15) is 5.56 Å². The Hall–Kier alpha value is -2.02. The molecule has 0 fully saturated rings. The van der Waals surface area contributed by atoms with Crippen molar-refractivity contribution in [2.75, 3.05) is 17.2 Å². The fraction of sp³-hybridized carbons (Fsp3) is 0.133. The zero-order valence-corrected chi connectivity index (χ0v) is 12.8. The molecule has 2 rings (SSSR count). The Morgan fingerprint density at radius 1 is 1.05 bits per heavy atom. The summed E-state index contributed by atoms with van der Waals surface area (Å²) in [6.07, 6.45) is -4.51. The highest BCUT2D eigenvalue weighted by atomic mass is 79.9. The van der Waals surface area contributed by atoms with Crippen molar-refractivity contribution in [3.8, 4) is 0 Å². The van der Waals surface area contributed by atoms with Crippen LogP contribution in [0, 0.1) is 0 Å². The predicted octanol–water partition coefficient (Wildman–Crippen LogP) is 4.52. The van der Waals surface area contributed by atoms with E-state index in [0.29, 0.717) is 5.69 Å². The summed E-state index contributed by atoms with van der Waals surface area (Å²) >= 11 is 3.28. The second-order valence-corrected chi connectivity index (χ2v) is 5.37.